The van der Waals surface area contributed by atoms with Crippen molar-refractivity contribution >= 4 is 28.4 Å². The summed E-state index contributed by atoms with van der Waals surface area (Å²) in [5, 5.41) is 12.4. The number of anilines is 2. The predicted molar refractivity (Wildman–Crippen MR) is 127 cm³/mol. The summed E-state index contributed by atoms with van der Waals surface area (Å²) in [5.74, 6) is 0.774. The molecule has 3 aromatic heterocycles. The molecule has 4 aromatic rings. The van der Waals surface area contributed by atoms with Crippen molar-refractivity contribution in [3.63, 3.8) is 0 Å². The number of rotatable bonds is 6. The summed E-state index contributed by atoms with van der Waals surface area (Å²) in [6.45, 7) is 1.18. The zero-order valence-corrected chi connectivity index (χ0v) is 19.2. The van der Waals surface area contributed by atoms with Gasteiger partial charge >= 0.3 is 6.18 Å². The molecule has 11 heteroatoms. The molecule has 4 heterocycles. The highest BCUT2D eigenvalue weighted by Crippen LogP contribution is 2.32. The molecule has 0 atom stereocenters. The number of β-amino-alcohol motifs (C(OH)–C–C–N with tert-alkyl or cyclic N) is 1. The van der Waals surface area contributed by atoms with Gasteiger partial charge in [-0.25, -0.2) is 9.97 Å². The number of amides is 1. The van der Waals surface area contributed by atoms with Gasteiger partial charge in [0.2, 0.25) is 0 Å². The maximum atomic E-state index is 13.3. The van der Waals surface area contributed by atoms with Gasteiger partial charge in [-0.05, 0) is 42.0 Å². The number of pyridine rings is 2. The molecule has 0 saturated carbocycles. The van der Waals surface area contributed by atoms with Crippen LogP contribution in [0, 0.1) is 0 Å². The van der Waals surface area contributed by atoms with Crippen LogP contribution in [0.3, 0.4) is 0 Å². The summed E-state index contributed by atoms with van der Waals surface area (Å²) in [4.78, 5) is 23.5. The van der Waals surface area contributed by atoms with Gasteiger partial charge in [0.05, 0.1) is 30.7 Å². The Kier molecular flexibility index (Phi) is 6.00. The van der Waals surface area contributed by atoms with Crippen molar-refractivity contribution < 1.29 is 27.8 Å². The van der Waals surface area contributed by atoms with E-state index < -0.39 is 17.6 Å². The molecule has 1 aliphatic heterocycles. The normalized spacial score (nSPS) is 14.1. The first-order chi connectivity index (χ1) is 17.2. The molecule has 1 saturated heterocycles. The van der Waals surface area contributed by atoms with E-state index in [1.165, 1.54) is 19.4 Å². The molecule has 0 unspecified atom stereocenters. The first-order valence-electron chi connectivity index (χ1n) is 11.1. The van der Waals surface area contributed by atoms with E-state index in [0.717, 1.165) is 17.8 Å². The molecular formula is C25H22F3N5O3. The summed E-state index contributed by atoms with van der Waals surface area (Å²) in [7, 11) is 1.53. The summed E-state index contributed by atoms with van der Waals surface area (Å²) in [5.41, 5.74) is 0.712. The molecule has 5 rings (SSSR count). The van der Waals surface area contributed by atoms with E-state index >= 15 is 0 Å². The number of nitrogens with zero attached hydrogens (tertiary/aromatic N) is 4. The number of hydrogen-bond acceptors (Lipinski definition) is 6. The van der Waals surface area contributed by atoms with E-state index in [1.54, 1.807) is 34.9 Å². The van der Waals surface area contributed by atoms with Crippen LogP contribution < -0.4 is 15.0 Å². The predicted octanol–water partition coefficient (Wildman–Crippen LogP) is 3.94. The second kappa shape index (κ2) is 9.15. The lowest BCUT2D eigenvalue weighted by molar-refractivity contribution is -0.137. The van der Waals surface area contributed by atoms with Crippen LogP contribution in [0.15, 0.2) is 60.9 Å². The number of carbonyl (C=O) groups is 1. The zero-order valence-electron chi connectivity index (χ0n) is 19.2. The Labute approximate surface area is 204 Å². The average Bonchev–Trinajstić information content (AvgIpc) is 3.20. The molecule has 0 aliphatic carbocycles. The van der Waals surface area contributed by atoms with E-state index in [2.05, 4.69) is 15.3 Å². The lowest BCUT2D eigenvalue weighted by Crippen LogP contribution is -2.51. The SMILES string of the molecule is COc1cccc(Cn2c(C(=O)Nc3ccc(N4CC(O)C4)nc3)cc3cc(C(F)(F)F)cnc32)c1. The standard InChI is InChI=1S/C25H22F3N5O3/c1-36-20-4-2-3-15(7-20)12-33-21(9-16-8-17(25(26,27)28)10-30-23(16)33)24(35)31-18-5-6-22(29-11-18)32-13-19(34)14-32/h2-11,19,34H,12-14H2,1H3,(H,31,35). The average molecular weight is 497 g/mol. The minimum atomic E-state index is -4.56. The Bertz CT molecular complexity index is 1410. The fourth-order valence-corrected chi connectivity index (χ4v) is 4.09. The Balaban J connectivity index is 1.47. The minimum Gasteiger partial charge on any atom is -0.497 e. The summed E-state index contributed by atoms with van der Waals surface area (Å²) < 4.78 is 46.7. The van der Waals surface area contributed by atoms with Crippen molar-refractivity contribution in [1.82, 2.24) is 14.5 Å². The third-order valence-electron chi connectivity index (χ3n) is 5.96. The number of halogens is 3. The van der Waals surface area contributed by atoms with E-state index in [0.29, 0.717) is 30.3 Å². The molecule has 36 heavy (non-hydrogen) atoms. The second-order valence-corrected chi connectivity index (χ2v) is 8.52. The van der Waals surface area contributed by atoms with Gasteiger partial charge in [-0.15, -0.1) is 0 Å². The number of ether oxygens (including phenoxy) is 1. The Morgan fingerprint density at radius 3 is 2.61 bits per heavy atom. The van der Waals surface area contributed by atoms with Gasteiger partial charge in [0, 0.05) is 31.2 Å². The van der Waals surface area contributed by atoms with Crippen molar-refractivity contribution in [2.75, 3.05) is 30.4 Å². The zero-order chi connectivity index (χ0) is 25.4. The van der Waals surface area contributed by atoms with Crippen LogP contribution in [0.4, 0.5) is 24.7 Å². The van der Waals surface area contributed by atoms with Crippen LogP contribution >= 0.6 is 0 Å². The molecule has 2 N–H and O–H groups in total. The molecule has 0 spiro atoms. The molecule has 8 nitrogen and oxygen atoms in total. The number of aliphatic hydroxyl groups is 1. The number of hydrogen-bond donors (Lipinski definition) is 2. The van der Waals surface area contributed by atoms with Crippen molar-refractivity contribution in [3.8, 4) is 5.75 Å². The van der Waals surface area contributed by atoms with Crippen LogP contribution in [0.2, 0.25) is 0 Å². The van der Waals surface area contributed by atoms with E-state index in [1.807, 2.05) is 11.0 Å². The van der Waals surface area contributed by atoms with Crippen LogP contribution in [-0.2, 0) is 12.7 Å². The topological polar surface area (TPSA) is 92.5 Å². The van der Waals surface area contributed by atoms with E-state index in [9.17, 15) is 23.1 Å². The van der Waals surface area contributed by atoms with Gasteiger partial charge in [-0.3, -0.25) is 4.79 Å². The summed E-state index contributed by atoms with van der Waals surface area (Å²) in [6.07, 6.45) is -2.67. The quantitative estimate of drug-likeness (QED) is 0.419. The molecule has 1 amide bonds. The maximum Gasteiger partial charge on any atom is 0.417 e. The van der Waals surface area contributed by atoms with Gasteiger partial charge in [-0.2, -0.15) is 13.2 Å². The molecule has 0 radical (unpaired) electrons. The van der Waals surface area contributed by atoms with Gasteiger partial charge in [0.15, 0.2) is 0 Å². The first-order valence-corrected chi connectivity index (χ1v) is 11.1. The van der Waals surface area contributed by atoms with Crippen molar-refractivity contribution in [2.24, 2.45) is 0 Å². The number of carbonyl (C=O) groups excluding carboxylic acids is 1. The number of fused-ring (bicyclic) bond motifs is 1. The molecule has 1 fully saturated rings. The molecule has 186 valence electrons. The number of aromatic nitrogens is 3. The smallest absolute Gasteiger partial charge is 0.417 e. The van der Waals surface area contributed by atoms with Crippen LogP contribution in [0.5, 0.6) is 5.75 Å². The molecule has 0 bridgehead atoms. The highest BCUT2D eigenvalue weighted by Gasteiger charge is 2.32. The van der Waals surface area contributed by atoms with Gasteiger partial charge in [-0.1, -0.05) is 12.1 Å². The Morgan fingerprint density at radius 2 is 1.94 bits per heavy atom. The first kappa shape index (κ1) is 23.6. The Morgan fingerprint density at radius 1 is 1.14 bits per heavy atom. The maximum absolute atomic E-state index is 13.3. The summed E-state index contributed by atoms with van der Waals surface area (Å²) in [6, 6.07) is 13.0. The largest absolute Gasteiger partial charge is 0.497 e. The minimum absolute atomic E-state index is 0.148. The number of methoxy groups -OCH3 is 1. The van der Waals surface area contributed by atoms with E-state index in [-0.39, 0.29) is 29.4 Å². The fourth-order valence-electron chi connectivity index (χ4n) is 4.09. The van der Waals surface area contributed by atoms with Crippen molar-refractivity contribution in [3.05, 3.63) is 77.7 Å². The lowest BCUT2D eigenvalue weighted by Gasteiger charge is -2.36. The van der Waals surface area contributed by atoms with Gasteiger partial charge in [0.25, 0.3) is 5.91 Å². The third-order valence-corrected chi connectivity index (χ3v) is 5.96. The number of aliphatic hydroxyl groups excluding tert-OH is 1. The Hall–Kier alpha value is -4.12. The number of nitrogens with one attached hydrogen (secondary N) is 1. The van der Waals surface area contributed by atoms with Crippen LogP contribution in [-0.4, -0.2) is 51.9 Å². The van der Waals surface area contributed by atoms with Crippen molar-refractivity contribution in [1.29, 1.82) is 0 Å². The van der Waals surface area contributed by atoms with Gasteiger partial charge < -0.3 is 24.6 Å². The fraction of sp³-hybridized carbons (Fsp3) is 0.240. The van der Waals surface area contributed by atoms with Crippen molar-refractivity contribution in [2.45, 2.75) is 18.8 Å². The lowest BCUT2D eigenvalue weighted by atomic mass is 10.2. The summed E-state index contributed by atoms with van der Waals surface area (Å²) >= 11 is 0. The highest BCUT2D eigenvalue weighted by molar-refractivity contribution is 6.06. The third kappa shape index (κ3) is 4.69. The van der Waals surface area contributed by atoms with Gasteiger partial charge in [0.1, 0.15) is 22.9 Å². The molecule has 1 aliphatic rings. The number of alkyl halides is 3. The second-order valence-electron chi connectivity index (χ2n) is 8.52. The molecule has 1 aromatic carbocycles. The highest BCUT2D eigenvalue weighted by atomic mass is 19.4. The monoisotopic (exact) mass is 497 g/mol. The van der Waals surface area contributed by atoms with Crippen LogP contribution in [0.1, 0.15) is 21.6 Å². The molecular weight excluding hydrogens is 475 g/mol. The number of benzene rings is 1. The van der Waals surface area contributed by atoms with E-state index in [4.69, 9.17) is 4.74 Å². The van der Waals surface area contributed by atoms with Crippen LogP contribution in [0.25, 0.3) is 11.0 Å².